The van der Waals surface area contributed by atoms with Crippen LogP contribution in [0.5, 0.6) is 0 Å². The van der Waals surface area contributed by atoms with E-state index in [0.717, 1.165) is 11.1 Å². The van der Waals surface area contributed by atoms with Crippen LogP contribution in [0.3, 0.4) is 0 Å². The number of pyridine rings is 1. The van der Waals surface area contributed by atoms with Crippen molar-refractivity contribution in [1.82, 2.24) is 14.5 Å². The molecule has 2 aromatic heterocycles. The second-order valence-corrected chi connectivity index (χ2v) is 5.50. The van der Waals surface area contributed by atoms with Crippen molar-refractivity contribution in [3.63, 3.8) is 0 Å². The highest BCUT2D eigenvalue weighted by Gasteiger charge is 2.11. The maximum absolute atomic E-state index is 12.3. The van der Waals surface area contributed by atoms with Gasteiger partial charge in [-0.1, -0.05) is 0 Å². The first-order chi connectivity index (χ1) is 9.08. The van der Waals surface area contributed by atoms with Gasteiger partial charge in [-0.15, -0.1) is 0 Å². The highest BCUT2D eigenvalue weighted by molar-refractivity contribution is 14.2. The van der Waals surface area contributed by atoms with Crippen LogP contribution in [0.4, 0.5) is 5.95 Å². The van der Waals surface area contributed by atoms with E-state index < -0.39 is 0 Å². The number of rotatable bonds is 1. The number of anilines is 1. The second-order valence-electron chi connectivity index (χ2n) is 3.82. The van der Waals surface area contributed by atoms with Gasteiger partial charge in [0.15, 0.2) is 0 Å². The molecule has 2 heterocycles. The molecule has 0 aliphatic rings. The molecule has 0 bridgehead atoms. The van der Waals surface area contributed by atoms with E-state index in [2.05, 4.69) is 42.3 Å². The lowest BCUT2D eigenvalue weighted by Crippen LogP contribution is -2.23. The zero-order chi connectivity index (χ0) is 14.0. The normalized spacial score (nSPS) is 10.3. The smallest absolute Gasteiger partial charge is 0.267 e. The largest absolute Gasteiger partial charge is 0.368 e. The molecule has 2 aromatic rings. The molecule has 0 aromatic carbocycles. The summed E-state index contributed by atoms with van der Waals surface area (Å²) in [4.78, 5) is 20.6. The van der Waals surface area contributed by atoms with Crippen LogP contribution in [0.2, 0.25) is 0 Å². The lowest BCUT2D eigenvalue weighted by Gasteiger charge is -2.09. The van der Waals surface area contributed by atoms with E-state index in [9.17, 15) is 4.79 Å². The topological polar surface area (TPSA) is 73.8 Å². The Morgan fingerprint density at radius 1 is 1.53 bits per heavy atom. The second kappa shape index (κ2) is 5.79. The quantitative estimate of drug-likeness (QED) is 0.600. The average Bonchev–Trinajstić information content (AvgIpc) is 2.37. The molecule has 98 valence electrons. The third-order valence-electron chi connectivity index (χ3n) is 2.69. The number of aryl methyl sites for hydroxylation is 2. The maximum Gasteiger partial charge on any atom is 0.267 e. The molecule has 7 heteroatoms. The molecule has 0 aliphatic carbocycles. The first-order valence-electron chi connectivity index (χ1n) is 5.54. The van der Waals surface area contributed by atoms with Crippen molar-refractivity contribution in [1.29, 1.82) is 0 Å². The minimum Gasteiger partial charge on any atom is -0.368 e. The predicted octanol–water partition coefficient (Wildman–Crippen LogP) is 2.09. The van der Waals surface area contributed by atoms with Gasteiger partial charge in [-0.05, 0) is 40.0 Å². The number of hydrogen-bond acceptors (Lipinski definition) is 5. The fraction of sp³-hybridized carbons (Fsp3) is 0.250. The molecule has 0 unspecified atom stereocenters. The van der Waals surface area contributed by atoms with Gasteiger partial charge in [-0.3, -0.25) is 9.36 Å². The van der Waals surface area contributed by atoms with Crippen molar-refractivity contribution >= 4 is 47.1 Å². The van der Waals surface area contributed by atoms with Gasteiger partial charge in [0, 0.05) is 33.1 Å². The van der Waals surface area contributed by atoms with Crippen LogP contribution >= 0.6 is 30.1 Å². The summed E-state index contributed by atoms with van der Waals surface area (Å²) in [6.07, 6.45) is 0. The zero-order valence-electron chi connectivity index (χ0n) is 10.4. The monoisotopic (exact) mass is 386 g/mol. The number of hydrogen-bond donors (Lipinski definition) is 1. The summed E-state index contributed by atoms with van der Waals surface area (Å²) in [7, 11) is 1.34. The fourth-order valence-corrected chi connectivity index (χ4v) is 2.35. The van der Waals surface area contributed by atoms with Gasteiger partial charge < -0.3 is 5.73 Å². The summed E-state index contributed by atoms with van der Waals surface area (Å²) >= 11 is 2.07. The van der Waals surface area contributed by atoms with Crippen LogP contribution in [0.25, 0.3) is 11.0 Å². The van der Waals surface area contributed by atoms with E-state index in [4.69, 9.17) is 5.73 Å². The summed E-state index contributed by atoms with van der Waals surface area (Å²) < 4.78 is 1.57. The summed E-state index contributed by atoms with van der Waals surface area (Å²) in [6.45, 7) is 4.24. The Bertz CT molecular complexity index is 760. The number of aromatic nitrogens is 3. The number of nitrogens with two attached hydrogens (primary N) is 1. The molecule has 0 amide bonds. The Hall–Kier alpha value is -1.27. The highest BCUT2D eigenvalue weighted by Crippen LogP contribution is 2.16. The molecule has 0 saturated heterocycles. The van der Waals surface area contributed by atoms with Gasteiger partial charge in [-0.2, -0.15) is 4.98 Å². The Kier molecular flexibility index (Phi) is 4.31. The van der Waals surface area contributed by atoms with E-state index in [1.807, 2.05) is 13.8 Å². The highest BCUT2D eigenvalue weighted by atomic mass is 127. The predicted molar refractivity (Wildman–Crippen MR) is 87.1 cm³/mol. The van der Waals surface area contributed by atoms with Crippen molar-refractivity contribution in [2.45, 2.75) is 20.4 Å². The van der Waals surface area contributed by atoms with Crippen molar-refractivity contribution in [2.24, 2.45) is 0 Å². The average molecular weight is 386 g/mol. The van der Waals surface area contributed by atoms with Gasteiger partial charge >= 0.3 is 0 Å². The molecular formula is C12H11IN4OS. The lowest BCUT2D eigenvalue weighted by atomic mass is 10.2. The third kappa shape index (κ3) is 2.69. The molecule has 5 nitrogen and oxygen atoms in total. The van der Waals surface area contributed by atoms with E-state index in [0.29, 0.717) is 17.8 Å². The summed E-state index contributed by atoms with van der Waals surface area (Å²) in [5.74, 6) is 3.03. The number of nitrogens with zero attached hydrogens (tertiary/aromatic N) is 3. The van der Waals surface area contributed by atoms with E-state index in [-0.39, 0.29) is 11.5 Å². The zero-order valence-corrected chi connectivity index (χ0v) is 13.4. The standard InChI is InChI=1S/C12H11IN4OS/c1-3-17-10-9(7(2)15-12(14)16-10)6-8(11(17)18)4-5-19-13/h6H,3H2,1-2H3,(H2,14,15,16). The van der Waals surface area contributed by atoms with Gasteiger partial charge in [0.05, 0.1) is 11.3 Å². The molecule has 0 fully saturated rings. The van der Waals surface area contributed by atoms with E-state index in [1.165, 1.54) is 8.93 Å². The summed E-state index contributed by atoms with van der Waals surface area (Å²) in [6, 6.07) is 1.73. The lowest BCUT2D eigenvalue weighted by molar-refractivity contribution is 0.746. The van der Waals surface area contributed by atoms with Crippen LogP contribution in [-0.2, 0) is 6.54 Å². The Morgan fingerprint density at radius 2 is 2.26 bits per heavy atom. The SMILES string of the molecule is CCn1c(=O)c(C#CSI)cc2c(C)nc(N)nc21. The van der Waals surface area contributed by atoms with Gasteiger partial charge in [-0.25, -0.2) is 4.98 Å². The Morgan fingerprint density at radius 3 is 2.89 bits per heavy atom. The van der Waals surface area contributed by atoms with Crippen LogP contribution in [0.1, 0.15) is 18.2 Å². The number of halogens is 1. The minimum atomic E-state index is -0.148. The van der Waals surface area contributed by atoms with Gasteiger partial charge in [0.25, 0.3) is 5.56 Å². The third-order valence-corrected chi connectivity index (χ3v) is 3.53. The van der Waals surface area contributed by atoms with Crippen molar-refractivity contribution < 1.29 is 0 Å². The summed E-state index contributed by atoms with van der Waals surface area (Å²) in [5, 5.41) is 3.63. The summed E-state index contributed by atoms with van der Waals surface area (Å²) in [5.41, 5.74) is 7.26. The molecule has 0 aliphatic heterocycles. The van der Waals surface area contributed by atoms with Gasteiger partial charge in [0.1, 0.15) is 5.65 Å². The molecule has 0 atom stereocenters. The van der Waals surface area contributed by atoms with Crippen molar-refractivity contribution in [3.8, 4) is 11.2 Å². The van der Waals surface area contributed by atoms with Gasteiger partial charge in [0.2, 0.25) is 5.95 Å². The fourth-order valence-electron chi connectivity index (χ4n) is 1.87. The molecule has 0 radical (unpaired) electrons. The molecular weight excluding hydrogens is 375 g/mol. The van der Waals surface area contributed by atoms with Crippen molar-refractivity contribution in [3.05, 3.63) is 27.7 Å². The number of nitrogen functional groups attached to an aromatic ring is 1. The molecule has 19 heavy (non-hydrogen) atoms. The minimum absolute atomic E-state index is 0.148. The molecule has 0 spiro atoms. The van der Waals surface area contributed by atoms with Crippen molar-refractivity contribution in [2.75, 3.05) is 5.73 Å². The molecule has 0 saturated carbocycles. The van der Waals surface area contributed by atoms with E-state index >= 15 is 0 Å². The van der Waals surface area contributed by atoms with Crippen LogP contribution in [0.15, 0.2) is 10.9 Å². The van der Waals surface area contributed by atoms with Crippen LogP contribution in [-0.4, -0.2) is 14.5 Å². The van der Waals surface area contributed by atoms with Crippen LogP contribution < -0.4 is 11.3 Å². The first kappa shape index (κ1) is 14.1. The number of fused-ring (bicyclic) bond motifs is 1. The maximum atomic E-state index is 12.3. The van der Waals surface area contributed by atoms with E-state index in [1.54, 1.807) is 10.6 Å². The molecule has 2 N–H and O–H groups in total. The van der Waals surface area contributed by atoms with Crippen LogP contribution in [0, 0.1) is 18.1 Å². The Labute approximate surface area is 126 Å². The first-order valence-corrected chi connectivity index (χ1v) is 8.90. The Balaban J connectivity index is 2.91. The molecule has 2 rings (SSSR count).